The summed E-state index contributed by atoms with van der Waals surface area (Å²) >= 11 is 0. The predicted molar refractivity (Wildman–Crippen MR) is 110 cm³/mol. The van der Waals surface area contributed by atoms with Gasteiger partial charge in [0.2, 0.25) is 0 Å². The van der Waals surface area contributed by atoms with Crippen LogP contribution in [-0.2, 0) is 16.0 Å². The van der Waals surface area contributed by atoms with E-state index in [1.54, 1.807) is 12.1 Å². The number of rotatable bonds is 7. The second kappa shape index (κ2) is 9.51. The van der Waals surface area contributed by atoms with Gasteiger partial charge in [-0.1, -0.05) is 72.8 Å². The molecule has 0 saturated carbocycles. The Bertz CT molecular complexity index is 906. The first-order valence-electron chi connectivity index (χ1n) is 9.25. The molecular formula is C24H23NO3. The van der Waals surface area contributed by atoms with Crippen molar-refractivity contribution in [2.75, 3.05) is 7.11 Å². The average Bonchev–Trinajstić information content (AvgIpc) is 2.77. The first kappa shape index (κ1) is 19.4. The molecule has 3 aromatic rings. The minimum atomic E-state index is -0.688. The number of amides is 1. The van der Waals surface area contributed by atoms with Gasteiger partial charge in [-0.3, -0.25) is 4.79 Å². The van der Waals surface area contributed by atoms with E-state index in [9.17, 15) is 9.59 Å². The fourth-order valence-corrected chi connectivity index (χ4v) is 3.03. The molecule has 0 fully saturated rings. The molecule has 4 heteroatoms. The second-order valence-corrected chi connectivity index (χ2v) is 6.52. The second-order valence-electron chi connectivity index (χ2n) is 6.52. The number of hydrogen-bond donors (Lipinski definition) is 1. The first-order chi connectivity index (χ1) is 13.7. The summed E-state index contributed by atoms with van der Waals surface area (Å²) in [6.45, 7) is 0. The van der Waals surface area contributed by atoms with Crippen molar-refractivity contribution in [3.8, 4) is 11.1 Å². The molecule has 0 bridgehead atoms. The van der Waals surface area contributed by atoms with Gasteiger partial charge in [0.05, 0.1) is 7.11 Å². The number of hydrogen-bond acceptors (Lipinski definition) is 3. The minimum absolute atomic E-state index is 0.289. The summed E-state index contributed by atoms with van der Waals surface area (Å²) in [4.78, 5) is 24.7. The molecule has 3 rings (SSSR count). The number of ether oxygens (including phenoxy) is 1. The van der Waals surface area contributed by atoms with Crippen molar-refractivity contribution in [3.63, 3.8) is 0 Å². The summed E-state index contributed by atoms with van der Waals surface area (Å²) in [5.41, 5.74) is 3.74. The fraction of sp³-hybridized carbons (Fsp3) is 0.167. The number of aryl methyl sites for hydroxylation is 1. The highest BCUT2D eigenvalue weighted by molar-refractivity contribution is 5.97. The van der Waals surface area contributed by atoms with Crippen molar-refractivity contribution in [1.82, 2.24) is 5.32 Å². The molecule has 0 spiro atoms. The van der Waals surface area contributed by atoms with Crippen LogP contribution in [0.3, 0.4) is 0 Å². The highest BCUT2D eigenvalue weighted by Gasteiger charge is 2.22. The maximum absolute atomic E-state index is 12.6. The Balaban J connectivity index is 1.66. The highest BCUT2D eigenvalue weighted by atomic mass is 16.5. The zero-order valence-corrected chi connectivity index (χ0v) is 15.8. The third-order valence-corrected chi connectivity index (χ3v) is 4.61. The Morgan fingerprint density at radius 3 is 2.00 bits per heavy atom. The summed E-state index contributed by atoms with van der Waals surface area (Å²) < 4.78 is 4.86. The first-order valence-corrected chi connectivity index (χ1v) is 9.25. The Labute approximate surface area is 165 Å². The molecule has 0 aromatic heterocycles. The zero-order chi connectivity index (χ0) is 19.8. The van der Waals surface area contributed by atoms with Gasteiger partial charge >= 0.3 is 5.97 Å². The summed E-state index contributed by atoms with van der Waals surface area (Å²) in [7, 11) is 1.33. The number of carbonyl (C=O) groups is 2. The Kier molecular flexibility index (Phi) is 6.58. The lowest BCUT2D eigenvalue weighted by atomic mass is 10.0. The van der Waals surface area contributed by atoms with Crippen LogP contribution in [-0.4, -0.2) is 25.0 Å². The van der Waals surface area contributed by atoms with E-state index >= 15 is 0 Å². The average molecular weight is 373 g/mol. The maximum atomic E-state index is 12.6. The van der Waals surface area contributed by atoms with Gasteiger partial charge in [-0.05, 0) is 41.7 Å². The van der Waals surface area contributed by atoms with E-state index in [0.717, 1.165) is 16.7 Å². The Hall–Kier alpha value is -3.40. The Morgan fingerprint density at radius 1 is 0.821 bits per heavy atom. The smallest absolute Gasteiger partial charge is 0.328 e. The topological polar surface area (TPSA) is 55.4 Å². The lowest BCUT2D eigenvalue weighted by molar-refractivity contribution is -0.143. The van der Waals surface area contributed by atoms with E-state index in [-0.39, 0.29) is 5.91 Å². The fourth-order valence-electron chi connectivity index (χ4n) is 3.03. The van der Waals surface area contributed by atoms with Crippen molar-refractivity contribution in [3.05, 3.63) is 96.1 Å². The van der Waals surface area contributed by atoms with Crippen LogP contribution in [0.2, 0.25) is 0 Å². The monoisotopic (exact) mass is 373 g/mol. The van der Waals surface area contributed by atoms with E-state index in [4.69, 9.17) is 4.74 Å². The number of nitrogens with one attached hydrogen (secondary N) is 1. The molecule has 0 radical (unpaired) electrons. The van der Waals surface area contributed by atoms with Crippen molar-refractivity contribution in [2.45, 2.75) is 18.9 Å². The van der Waals surface area contributed by atoms with Gasteiger partial charge in [0.15, 0.2) is 0 Å². The third-order valence-electron chi connectivity index (χ3n) is 4.61. The molecule has 3 aromatic carbocycles. The summed E-state index contributed by atoms with van der Waals surface area (Å²) in [6.07, 6.45) is 1.15. The summed E-state index contributed by atoms with van der Waals surface area (Å²) in [5, 5.41) is 2.80. The molecule has 142 valence electrons. The van der Waals surface area contributed by atoms with Crippen LogP contribution >= 0.6 is 0 Å². The van der Waals surface area contributed by atoms with Crippen LogP contribution < -0.4 is 5.32 Å². The standard InChI is InChI=1S/C24H23NO3/c1-28-24(27)22(17-12-18-8-4-2-5-9-18)25-23(26)21-15-13-20(14-16-21)19-10-6-3-7-11-19/h2-11,13-16,22H,12,17H2,1H3,(H,25,26)/t22-/m0/s1. The van der Waals surface area contributed by atoms with Gasteiger partial charge in [-0.25, -0.2) is 4.79 Å². The van der Waals surface area contributed by atoms with Crippen LogP contribution in [0.15, 0.2) is 84.9 Å². The Morgan fingerprint density at radius 2 is 1.39 bits per heavy atom. The number of methoxy groups -OCH3 is 1. The molecule has 1 amide bonds. The third kappa shape index (κ3) is 5.07. The largest absolute Gasteiger partial charge is 0.467 e. The van der Waals surface area contributed by atoms with Gasteiger partial charge in [-0.15, -0.1) is 0 Å². The zero-order valence-electron chi connectivity index (χ0n) is 15.8. The molecule has 28 heavy (non-hydrogen) atoms. The molecule has 0 aliphatic rings. The van der Waals surface area contributed by atoms with Crippen LogP contribution in [0.25, 0.3) is 11.1 Å². The van der Waals surface area contributed by atoms with E-state index in [1.165, 1.54) is 7.11 Å². The highest BCUT2D eigenvalue weighted by Crippen LogP contribution is 2.19. The normalized spacial score (nSPS) is 11.5. The molecule has 0 aliphatic carbocycles. The maximum Gasteiger partial charge on any atom is 0.328 e. The quantitative estimate of drug-likeness (QED) is 0.630. The summed E-state index contributed by atoms with van der Waals surface area (Å²) in [5.74, 6) is -0.728. The molecule has 1 N–H and O–H groups in total. The van der Waals surface area contributed by atoms with Crippen LogP contribution in [0.1, 0.15) is 22.3 Å². The van der Waals surface area contributed by atoms with Crippen LogP contribution in [0, 0.1) is 0 Å². The minimum Gasteiger partial charge on any atom is -0.467 e. The van der Waals surface area contributed by atoms with Gasteiger partial charge in [0.1, 0.15) is 6.04 Å². The lowest BCUT2D eigenvalue weighted by Crippen LogP contribution is -2.41. The van der Waals surface area contributed by atoms with Crippen molar-refractivity contribution in [2.24, 2.45) is 0 Å². The number of carbonyl (C=O) groups excluding carboxylic acids is 2. The molecule has 0 saturated heterocycles. The number of esters is 1. The van der Waals surface area contributed by atoms with Gasteiger partial charge in [0.25, 0.3) is 5.91 Å². The van der Waals surface area contributed by atoms with Crippen molar-refractivity contribution >= 4 is 11.9 Å². The van der Waals surface area contributed by atoms with Gasteiger partial charge in [0, 0.05) is 5.56 Å². The van der Waals surface area contributed by atoms with E-state index < -0.39 is 12.0 Å². The number of benzene rings is 3. The van der Waals surface area contributed by atoms with E-state index in [0.29, 0.717) is 18.4 Å². The molecule has 1 atom stereocenters. The lowest BCUT2D eigenvalue weighted by Gasteiger charge is -2.17. The molecule has 0 unspecified atom stereocenters. The van der Waals surface area contributed by atoms with Crippen molar-refractivity contribution in [1.29, 1.82) is 0 Å². The molecule has 0 heterocycles. The SMILES string of the molecule is COC(=O)[C@H](CCc1ccccc1)NC(=O)c1ccc(-c2ccccc2)cc1. The molecule has 4 nitrogen and oxygen atoms in total. The van der Waals surface area contributed by atoms with E-state index in [1.807, 2.05) is 72.8 Å². The van der Waals surface area contributed by atoms with E-state index in [2.05, 4.69) is 5.32 Å². The van der Waals surface area contributed by atoms with Gasteiger partial charge in [-0.2, -0.15) is 0 Å². The van der Waals surface area contributed by atoms with Gasteiger partial charge < -0.3 is 10.1 Å². The molecular weight excluding hydrogens is 350 g/mol. The van der Waals surface area contributed by atoms with Crippen LogP contribution in [0.4, 0.5) is 0 Å². The summed E-state index contributed by atoms with van der Waals surface area (Å²) in [6, 6.07) is 26.5. The van der Waals surface area contributed by atoms with Crippen LogP contribution in [0.5, 0.6) is 0 Å². The predicted octanol–water partition coefficient (Wildman–Crippen LogP) is 4.26. The van der Waals surface area contributed by atoms with Crippen molar-refractivity contribution < 1.29 is 14.3 Å². The molecule has 0 aliphatic heterocycles.